The molecule has 0 fully saturated rings. The maximum Gasteiger partial charge on any atom is 0.416 e. The van der Waals surface area contributed by atoms with E-state index in [1.54, 1.807) is 30.6 Å². The van der Waals surface area contributed by atoms with Gasteiger partial charge in [-0.1, -0.05) is 55.5 Å². The minimum absolute atomic E-state index is 0. The Morgan fingerprint density at radius 3 is 2.39 bits per heavy atom. The Morgan fingerprint density at radius 1 is 0.902 bits per heavy atom. The van der Waals surface area contributed by atoms with Gasteiger partial charge >= 0.3 is 6.18 Å². The van der Waals surface area contributed by atoms with Gasteiger partial charge in [-0.3, -0.25) is 14.5 Å². The largest absolute Gasteiger partial charge is 0.416 e. The molecule has 1 aliphatic heterocycles. The van der Waals surface area contributed by atoms with Gasteiger partial charge in [-0.15, -0.1) is 12.4 Å². The maximum absolute atomic E-state index is 13.3. The summed E-state index contributed by atoms with van der Waals surface area (Å²) in [5.41, 5.74) is 2.24. The molecule has 0 radical (unpaired) electrons. The van der Waals surface area contributed by atoms with Crippen molar-refractivity contribution < 1.29 is 22.8 Å². The minimum atomic E-state index is -4.43. The molecular weight excluding hydrogens is 553 g/mol. The number of rotatable bonds is 4. The summed E-state index contributed by atoms with van der Waals surface area (Å²) in [5, 5.41) is 4.66. The third kappa shape index (κ3) is 5.16. The number of carbonyl (C=O) groups is 2. The zero-order chi connectivity index (χ0) is 28.0. The van der Waals surface area contributed by atoms with Crippen molar-refractivity contribution >= 4 is 52.1 Å². The molecule has 5 aromatic rings. The first-order valence-electron chi connectivity index (χ1n) is 12.7. The Labute approximate surface area is 239 Å². The van der Waals surface area contributed by atoms with E-state index in [1.807, 2.05) is 60.0 Å². The zero-order valence-corrected chi connectivity index (χ0v) is 22.5. The minimum Gasteiger partial charge on any atom is -0.323 e. The number of nitrogens with one attached hydrogen (secondary N) is 1. The van der Waals surface area contributed by atoms with Crippen molar-refractivity contribution in [3.05, 3.63) is 114 Å². The molecule has 4 aromatic carbocycles. The molecule has 1 atom stereocenters. The van der Waals surface area contributed by atoms with Gasteiger partial charge in [0.15, 0.2) is 0 Å². The topological polar surface area (TPSA) is 67.2 Å². The highest BCUT2D eigenvalue weighted by Gasteiger charge is 2.31. The van der Waals surface area contributed by atoms with Gasteiger partial charge in [0.05, 0.1) is 16.9 Å². The van der Waals surface area contributed by atoms with Gasteiger partial charge in [-0.25, -0.2) is 4.98 Å². The number of halogens is 4. The highest BCUT2D eigenvalue weighted by Crippen LogP contribution is 2.40. The fourth-order valence-electron chi connectivity index (χ4n) is 5.14. The summed E-state index contributed by atoms with van der Waals surface area (Å²) in [6, 6.07) is 23.8. The van der Waals surface area contributed by atoms with Crippen molar-refractivity contribution in [3.63, 3.8) is 0 Å². The molecule has 0 saturated heterocycles. The molecule has 2 heterocycles. The zero-order valence-electron chi connectivity index (χ0n) is 21.7. The monoisotopic (exact) mass is 576 g/mol. The molecule has 6 nitrogen and oxygen atoms in total. The lowest BCUT2D eigenvalue weighted by Gasteiger charge is -2.24. The second kappa shape index (κ2) is 10.7. The van der Waals surface area contributed by atoms with Crippen molar-refractivity contribution in [1.29, 1.82) is 0 Å². The standard InChI is InChI=1S/C31H23F3N4O2.ClH/c1-19(21-6-4-7-22(17-21)31(32,33)34)30-35-15-16-37(30)23-10-12-24(13-11-23)38-26-14-9-20-5-2-3-8-25(20)29(26)36-27(39)18-28(38)40;/h2-17,19H,18H2,1H3,(H,36,39);1H. The summed E-state index contributed by atoms with van der Waals surface area (Å²) in [5.74, 6) is -0.583. The van der Waals surface area contributed by atoms with Crippen LogP contribution in [0.15, 0.2) is 97.3 Å². The van der Waals surface area contributed by atoms with Crippen LogP contribution < -0.4 is 10.2 Å². The second-order valence-corrected chi connectivity index (χ2v) is 9.65. The number of anilines is 3. The van der Waals surface area contributed by atoms with Crippen molar-refractivity contribution in [2.24, 2.45) is 0 Å². The number of alkyl halides is 3. The lowest BCUT2D eigenvalue weighted by molar-refractivity contribution is -0.137. The molecule has 41 heavy (non-hydrogen) atoms. The molecule has 2 amide bonds. The van der Waals surface area contributed by atoms with E-state index in [1.165, 1.54) is 11.0 Å². The van der Waals surface area contributed by atoms with Gasteiger partial charge in [0, 0.05) is 35.1 Å². The molecule has 1 unspecified atom stereocenters. The van der Waals surface area contributed by atoms with Crippen LogP contribution in [0.4, 0.5) is 30.2 Å². The first-order valence-corrected chi connectivity index (χ1v) is 12.7. The lowest BCUT2D eigenvalue weighted by atomic mass is 9.98. The quantitative estimate of drug-likeness (QED) is 0.224. The van der Waals surface area contributed by atoms with E-state index in [0.717, 1.165) is 28.6 Å². The van der Waals surface area contributed by atoms with E-state index in [9.17, 15) is 22.8 Å². The number of hydrogen-bond donors (Lipinski definition) is 1. The lowest BCUT2D eigenvalue weighted by Crippen LogP contribution is -2.26. The fourth-order valence-corrected chi connectivity index (χ4v) is 5.14. The fraction of sp³-hybridized carbons (Fsp3) is 0.129. The van der Waals surface area contributed by atoms with Gasteiger partial charge < -0.3 is 9.88 Å². The van der Waals surface area contributed by atoms with Crippen LogP contribution >= 0.6 is 12.4 Å². The highest BCUT2D eigenvalue weighted by molar-refractivity contribution is 6.21. The van der Waals surface area contributed by atoms with Crippen LogP contribution in [0.1, 0.15) is 36.2 Å². The number of hydrogen-bond acceptors (Lipinski definition) is 3. The van der Waals surface area contributed by atoms with Crippen molar-refractivity contribution in [2.75, 3.05) is 10.2 Å². The number of imidazole rings is 1. The molecule has 10 heteroatoms. The first kappa shape index (κ1) is 27.9. The smallest absolute Gasteiger partial charge is 0.323 e. The SMILES string of the molecule is CC(c1cccc(C(F)(F)F)c1)c1nccn1-c1ccc(N2C(=O)CC(=O)Nc3c2ccc2ccccc32)cc1.Cl. The second-order valence-electron chi connectivity index (χ2n) is 9.65. The average Bonchev–Trinajstić information content (AvgIpc) is 3.39. The normalized spacial score (nSPS) is 14.2. The van der Waals surface area contributed by atoms with Gasteiger partial charge in [0.25, 0.3) is 0 Å². The van der Waals surface area contributed by atoms with Crippen molar-refractivity contribution in [1.82, 2.24) is 9.55 Å². The summed E-state index contributed by atoms with van der Waals surface area (Å²) < 4.78 is 41.7. The predicted octanol–water partition coefficient (Wildman–Crippen LogP) is 7.62. The van der Waals surface area contributed by atoms with Crippen LogP contribution in [-0.2, 0) is 15.8 Å². The van der Waals surface area contributed by atoms with Gasteiger partial charge in [0.2, 0.25) is 11.8 Å². The first-order chi connectivity index (χ1) is 19.2. The third-order valence-electron chi connectivity index (χ3n) is 7.13. The number of carbonyl (C=O) groups excluding carboxylic acids is 2. The van der Waals surface area contributed by atoms with Crippen LogP contribution in [0.5, 0.6) is 0 Å². The van der Waals surface area contributed by atoms with Gasteiger partial charge in [-0.05, 0) is 47.3 Å². The molecule has 0 bridgehead atoms. The average molecular weight is 577 g/mol. The summed E-state index contributed by atoms with van der Waals surface area (Å²) in [7, 11) is 0. The molecule has 1 aromatic heterocycles. The Morgan fingerprint density at radius 2 is 1.63 bits per heavy atom. The summed E-state index contributed by atoms with van der Waals surface area (Å²) in [6.07, 6.45) is -1.39. The maximum atomic E-state index is 13.3. The Hall–Kier alpha value is -4.63. The predicted molar refractivity (Wildman–Crippen MR) is 154 cm³/mol. The van der Waals surface area contributed by atoms with Crippen LogP contribution in [0.25, 0.3) is 16.5 Å². The number of nitrogens with zero attached hydrogens (tertiary/aromatic N) is 3. The molecule has 208 valence electrons. The third-order valence-corrected chi connectivity index (χ3v) is 7.13. The van der Waals surface area contributed by atoms with Gasteiger partial charge in [-0.2, -0.15) is 13.2 Å². The van der Waals surface area contributed by atoms with E-state index in [0.29, 0.717) is 28.5 Å². The van der Waals surface area contributed by atoms with Crippen molar-refractivity contribution in [2.45, 2.75) is 25.4 Å². The van der Waals surface area contributed by atoms with Gasteiger partial charge in [0.1, 0.15) is 12.2 Å². The Balaban J connectivity index is 0.00000337. The number of aromatic nitrogens is 2. The molecule has 1 N–H and O–H groups in total. The van der Waals surface area contributed by atoms with Crippen molar-refractivity contribution in [3.8, 4) is 5.69 Å². The van der Waals surface area contributed by atoms with E-state index in [2.05, 4.69) is 10.3 Å². The van der Waals surface area contributed by atoms with E-state index in [4.69, 9.17) is 0 Å². The molecular formula is C31H24ClF3N4O2. The number of benzene rings is 4. The molecule has 1 aliphatic rings. The molecule has 0 spiro atoms. The van der Waals surface area contributed by atoms with E-state index in [-0.39, 0.29) is 30.6 Å². The molecule has 6 rings (SSSR count). The van der Waals surface area contributed by atoms with Crippen LogP contribution in [0, 0.1) is 0 Å². The highest BCUT2D eigenvalue weighted by atomic mass is 35.5. The summed E-state index contributed by atoms with van der Waals surface area (Å²) >= 11 is 0. The molecule has 0 saturated carbocycles. The number of fused-ring (bicyclic) bond motifs is 3. The van der Waals surface area contributed by atoms with Crippen LogP contribution in [0.2, 0.25) is 0 Å². The Kier molecular flexibility index (Phi) is 7.31. The van der Waals surface area contributed by atoms with E-state index < -0.39 is 17.7 Å². The summed E-state index contributed by atoms with van der Waals surface area (Å²) in [4.78, 5) is 31.7. The van der Waals surface area contributed by atoms with Crippen LogP contribution in [0.3, 0.4) is 0 Å². The van der Waals surface area contributed by atoms with E-state index >= 15 is 0 Å². The molecule has 0 aliphatic carbocycles. The Bertz CT molecular complexity index is 1770. The number of amides is 2. The van der Waals surface area contributed by atoms with Crippen LogP contribution in [-0.4, -0.2) is 21.4 Å². The summed E-state index contributed by atoms with van der Waals surface area (Å²) in [6.45, 7) is 1.81.